The number of hydrogen-bond donors (Lipinski definition) is 1. The van der Waals surface area contributed by atoms with Crippen LogP contribution in [0.2, 0.25) is 0 Å². The molecule has 84 valence electrons. The highest BCUT2D eigenvalue weighted by Crippen LogP contribution is 2.28. The predicted molar refractivity (Wildman–Crippen MR) is 55.9 cm³/mol. The first-order chi connectivity index (χ1) is 6.51. The quantitative estimate of drug-likeness (QED) is 0.671. The van der Waals surface area contributed by atoms with Gasteiger partial charge in [0.15, 0.2) is 0 Å². The highest BCUT2D eigenvalue weighted by atomic mass is 16.5. The minimum atomic E-state index is -0.900. The standard InChI is InChI=1S/C11H22O3/c1-5-7-8-11(13,6-2)9(3)10(12)14-4/h9,13H,5-8H2,1-4H3. The van der Waals surface area contributed by atoms with E-state index in [4.69, 9.17) is 0 Å². The Morgan fingerprint density at radius 1 is 1.50 bits per heavy atom. The topological polar surface area (TPSA) is 46.5 Å². The normalized spacial score (nSPS) is 17.2. The van der Waals surface area contributed by atoms with Gasteiger partial charge in [-0.25, -0.2) is 0 Å². The maximum Gasteiger partial charge on any atom is 0.311 e. The lowest BCUT2D eigenvalue weighted by Gasteiger charge is -2.31. The van der Waals surface area contributed by atoms with Crippen molar-refractivity contribution < 1.29 is 14.6 Å². The van der Waals surface area contributed by atoms with Crippen molar-refractivity contribution in [1.29, 1.82) is 0 Å². The van der Waals surface area contributed by atoms with Gasteiger partial charge in [0, 0.05) is 0 Å². The molecule has 0 aliphatic heterocycles. The van der Waals surface area contributed by atoms with Crippen molar-refractivity contribution in [3.8, 4) is 0 Å². The fourth-order valence-electron chi connectivity index (χ4n) is 1.58. The van der Waals surface area contributed by atoms with Gasteiger partial charge in [-0.3, -0.25) is 4.79 Å². The average molecular weight is 202 g/mol. The summed E-state index contributed by atoms with van der Waals surface area (Å²) in [7, 11) is 1.36. The molecule has 0 radical (unpaired) electrons. The summed E-state index contributed by atoms with van der Waals surface area (Å²) in [6.07, 6.45) is 3.21. The second kappa shape index (κ2) is 6.02. The molecule has 1 N–H and O–H groups in total. The summed E-state index contributed by atoms with van der Waals surface area (Å²) in [5, 5.41) is 10.2. The van der Waals surface area contributed by atoms with Gasteiger partial charge in [-0.15, -0.1) is 0 Å². The molecule has 3 nitrogen and oxygen atoms in total. The van der Waals surface area contributed by atoms with Crippen LogP contribution in [-0.4, -0.2) is 23.8 Å². The van der Waals surface area contributed by atoms with Gasteiger partial charge in [-0.2, -0.15) is 0 Å². The maximum atomic E-state index is 11.3. The van der Waals surface area contributed by atoms with Crippen molar-refractivity contribution in [1.82, 2.24) is 0 Å². The molecular formula is C11H22O3. The van der Waals surface area contributed by atoms with Gasteiger partial charge < -0.3 is 9.84 Å². The zero-order chi connectivity index (χ0) is 11.2. The number of unbranched alkanes of at least 4 members (excludes halogenated alkanes) is 1. The number of ether oxygens (including phenoxy) is 1. The zero-order valence-corrected chi connectivity index (χ0v) is 9.67. The van der Waals surface area contributed by atoms with Crippen molar-refractivity contribution in [3.05, 3.63) is 0 Å². The summed E-state index contributed by atoms with van der Waals surface area (Å²) in [6, 6.07) is 0. The summed E-state index contributed by atoms with van der Waals surface area (Å²) >= 11 is 0. The molecule has 14 heavy (non-hydrogen) atoms. The summed E-state index contributed by atoms with van der Waals surface area (Å²) in [4.78, 5) is 11.3. The highest BCUT2D eigenvalue weighted by Gasteiger charge is 2.36. The Bertz CT molecular complexity index is 179. The third-order valence-electron chi connectivity index (χ3n) is 2.94. The molecule has 3 heteroatoms. The van der Waals surface area contributed by atoms with Crippen LogP contribution in [0.25, 0.3) is 0 Å². The van der Waals surface area contributed by atoms with E-state index in [1.165, 1.54) is 7.11 Å². The minimum Gasteiger partial charge on any atom is -0.469 e. The van der Waals surface area contributed by atoms with E-state index < -0.39 is 11.5 Å². The Hall–Kier alpha value is -0.570. The maximum absolute atomic E-state index is 11.3. The average Bonchev–Trinajstić information content (AvgIpc) is 2.23. The fourth-order valence-corrected chi connectivity index (χ4v) is 1.58. The minimum absolute atomic E-state index is 0.328. The molecule has 0 aromatic carbocycles. The first-order valence-corrected chi connectivity index (χ1v) is 5.32. The number of rotatable bonds is 6. The number of esters is 1. The molecule has 0 fully saturated rings. The van der Waals surface area contributed by atoms with Crippen molar-refractivity contribution in [2.75, 3.05) is 7.11 Å². The van der Waals surface area contributed by atoms with Gasteiger partial charge in [-0.05, 0) is 19.8 Å². The fraction of sp³-hybridized carbons (Fsp3) is 0.909. The molecule has 0 aromatic rings. The summed E-state index contributed by atoms with van der Waals surface area (Å²) < 4.78 is 4.64. The SMILES string of the molecule is CCCCC(O)(CC)C(C)C(=O)OC. The van der Waals surface area contributed by atoms with E-state index in [9.17, 15) is 9.90 Å². The molecule has 0 rings (SSSR count). The largest absolute Gasteiger partial charge is 0.469 e. The lowest BCUT2D eigenvalue weighted by atomic mass is 9.82. The van der Waals surface area contributed by atoms with Crippen molar-refractivity contribution >= 4 is 5.97 Å². The molecule has 0 amide bonds. The van der Waals surface area contributed by atoms with Crippen LogP contribution in [0.5, 0.6) is 0 Å². The number of hydrogen-bond acceptors (Lipinski definition) is 3. The molecule has 0 saturated heterocycles. The molecule has 0 aromatic heterocycles. The van der Waals surface area contributed by atoms with Crippen molar-refractivity contribution in [2.24, 2.45) is 5.92 Å². The molecular weight excluding hydrogens is 180 g/mol. The van der Waals surface area contributed by atoms with Crippen LogP contribution in [0, 0.1) is 5.92 Å². The Morgan fingerprint density at radius 2 is 2.07 bits per heavy atom. The second-order valence-electron chi connectivity index (χ2n) is 3.81. The molecule has 2 atom stereocenters. The number of aliphatic hydroxyl groups is 1. The van der Waals surface area contributed by atoms with Gasteiger partial charge in [0.05, 0.1) is 18.6 Å². The van der Waals surface area contributed by atoms with Crippen molar-refractivity contribution in [2.45, 2.75) is 52.1 Å². The molecule has 2 unspecified atom stereocenters. The summed E-state index contributed by atoms with van der Waals surface area (Å²) in [5.41, 5.74) is -0.900. The van der Waals surface area contributed by atoms with Crippen LogP contribution in [-0.2, 0) is 9.53 Å². The molecule has 0 aliphatic rings. The second-order valence-corrected chi connectivity index (χ2v) is 3.81. The monoisotopic (exact) mass is 202 g/mol. The van der Waals surface area contributed by atoms with Crippen LogP contribution in [0.1, 0.15) is 46.5 Å². The number of carbonyl (C=O) groups is 1. The Labute approximate surface area is 86.5 Å². The van der Waals surface area contributed by atoms with Gasteiger partial charge in [0.2, 0.25) is 0 Å². The van der Waals surface area contributed by atoms with Crippen LogP contribution in [0.3, 0.4) is 0 Å². The van der Waals surface area contributed by atoms with E-state index in [1.807, 2.05) is 6.92 Å². The lowest BCUT2D eigenvalue weighted by molar-refractivity contribution is -0.155. The van der Waals surface area contributed by atoms with E-state index in [1.54, 1.807) is 6.92 Å². The molecule has 0 saturated carbocycles. The van der Waals surface area contributed by atoms with Crippen molar-refractivity contribution in [3.63, 3.8) is 0 Å². The molecule has 0 aliphatic carbocycles. The molecule has 0 heterocycles. The molecule has 0 spiro atoms. The van der Waals surface area contributed by atoms with Gasteiger partial charge in [-0.1, -0.05) is 26.7 Å². The third-order valence-corrected chi connectivity index (χ3v) is 2.94. The van der Waals surface area contributed by atoms with Crippen LogP contribution < -0.4 is 0 Å². The Balaban J connectivity index is 4.41. The van der Waals surface area contributed by atoms with Gasteiger partial charge >= 0.3 is 5.97 Å². The third kappa shape index (κ3) is 3.29. The zero-order valence-electron chi connectivity index (χ0n) is 9.67. The van der Waals surface area contributed by atoms with E-state index >= 15 is 0 Å². The van der Waals surface area contributed by atoms with E-state index in [0.29, 0.717) is 12.8 Å². The number of methoxy groups -OCH3 is 1. The number of carbonyl (C=O) groups excluding carboxylic acids is 1. The highest BCUT2D eigenvalue weighted by molar-refractivity contribution is 5.73. The van der Waals surface area contributed by atoms with E-state index in [0.717, 1.165) is 12.8 Å². The van der Waals surface area contributed by atoms with E-state index in [-0.39, 0.29) is 5.97 Å². The smallest absolute Gasteiger partial charge is 0.311 e. The van der Waals surface area contributed by atoms with Crippen LogP contribution >= 0.6 is 0 Å². The van der Waals surface area contributed by atoms with Gasteiger partial charge in [0.25, 0.3) is 0 Å². The van der Waals surface area contributed by atoms with Crippen LogP contribution in [0.4, 0.5) is 0 Å². The molecule has 0 bridgehead atoms. The predicted octanol–water partition coefficient (Wildman–Crippen LogP) is 2.13. The van der Waals surface area contributed by atoms with Gasteiger partial charge in [0.1, 0.15) is 0 Å². The summed E-state index contributed by atoms with van der Waals surface area (Å²) in [6.45, 7) is 5.69. The Kier molecular flexibility index (Phi) is 5.77. The Morgan fingerprint density at radius 3 is 2.43 bits per heavy atom. The van der Waals surface area contributed by atoms with E-state index in [2.05, 4.69) is 11.7 Å². The lowest BCUT2D eigenvalue weighted by Crippen LogP contribution is -2.40. The summed E-state index contributed by atoms with van der Waals surface area (Å²) in [5.74, 6) is -0.769. The first-order valence-electron chi connectivity index (χ1n) is 5.32. The first kappa shape index (κ1) is 13.4. The van der Waals surface area contributed by atoms with Crippen LogP contribution in [0.15, 0.2) is 0 Å².